The van der Waals surface area contributed by atoms with E-state index in [2.05, 4.69) is 107 Å². The van der Waals surface area contributed by atoms with Crippen molar-refractivity contribution in [1.82, 2.24) is 9.97 Å². The molecule has 2 aromatic heterocycles. The Labute approximate surface area is 209 Å². The van der Waals surface area contributed by atoms with Crippen LogP contribution in [0.25, 0.3) is 43.6 Å². The van der Waals surface area contributed by atoms with Crippen molar-refractivity contribution in [3.63, 3.8) is 0 Å². The van der Waals surface area contributed by atoms with E-state index in [1.807, 2.05) is 0 Å². The van der Waals surface area contributed by atoms with Gasteiger partial charge in [0.05, 0.1) is 0 Å². The second-order valence-corrected chi connectivity index (χ2v) is 8.66. The van der Waals surface area contributed by atoms with Gasteiger partial charge in [0.15, 0.2) is 0 Å². The topological polar surface area (TPSA) is 121 Å². The maximum Gasteiger partial charge on any atom is 0.320 e. The molecule has 0 aliphatic carbocycles. The third kappa shape index (κ3) is 5.92. The van der Waals surface area contributed by atoms with Crippen LogP contribution in [0.2, 0.25) is 0 Å². The molecule has 1 atom stereocenters. The summed E-state index contributed by atoms with van der Waals surface area (Å²) in [5.41, 5.74) is 15.3. The highest BCUT2D eigenvalue weighted by Gasteiger charge is 2.09. The van der Waals surface area contributed by atoms with E-state index >= 15 is 0 Å². The maximum atomic E-state index is 10.1. The van der Waals surface area contributed by atoms with E-state index < -0.39 is 12.0 Å². The van der Waals surface area contributed by atoms with Crippen molar-refractivity contribution in [1.29, 1.82) is 0 Å². The third-order valence-electron chi connectivity index (χ3n) is 6.11. The van der Waals surface area contributed by atoms with Gasteiger partial charge in [-0.05, 0) is 43.7 Å². The van der Waals surface area contributed by atoms with Gasteiger partial charge in [-0.3, -0.25) is 4.79 Å². The van der Waals surface area contributed by atoms with Crippen LogP contribution >= 0.6 is 0 Å². The van der Waals surface area contributed by atoms with Gasteiger partial charge in [-0.1, -0.05) is 79.2 Å². The highest BCUT2D eigenvalue weighted by Crippen LogP contribution is 2.25. The first kappa shape index (κ1) is 25.0. The van der Waals surface area contributed by atoms with Gasteiger partial charge in [0.2, 0.25) is 0 Å². The predicted octanol–water partition coefficient (Wildman–Crippen LogP) is 6.17. The monoisotopic (exact) mass is 480 g/mol. The molecule has 0 bridgehead atoms. The summed E-state index contributed by atoms with van der Waals surface area (Å²) in [6.45, 7) is 0.604. The third-order valence-corrected chi connectivity index (χ3v) is 6.11. The zero-order valence-electron chi connectivity index (χ0n) is 20.2. The van der Waals surface area contributed by atoms with Crippen LogP contribution in [0.3, 0.4) is 0 Å². The Morgan fingerprint density at radius 3 is 1.28 bits per heavy atom. The first-order chi connectivity index (χ1) is 17.6. The molecule has 184 valence electrons. The van der Waals surface area contributed by atoms with Gasteiger partial charge in [-0.15, -0.1) is 0 Å². The summed E-state index contributed by atoms with van der Waals surface area (Å²) in [5, 5.41) is 13.5. The first-order valence-electron chi connectivity index (χ1n) is 12.2. The summed E-state index contributed by atoms with van der Waals surface area (Å²) in [5.74, 6) is -0.933. The number of nitrogens with two attached hydrogens (primary N) is 2. The summed E-state index contributed by atoms with van der Waals surface area (Å²) in [4.78, 5) is 16.9. The highest BCUT2D eigenvalue weighted by molar-refractivity contribution is 6.07. The number of carboxylic acid groups (broad SMARTS) is 1. The standard InChI is InChI=1S/2C12H9N.C6H14N2O2/c2*1-3-7-11-9(5-1)10-6-2-4-8-12(10)13-11;7-4-2-1-3-5(8)6(9)10/h2*1-8,13H;5H,1-4,7-8H2,(H,9,10)/t;;5-/m..0/s1. The van der Waals surface area contributed by atoms with Crippen molar-refractivity contribution in [2.24, 2.45) is 11.5 Å². The first-order valence-corrected chi connectivity index (χ1v) is 12.2. The van der Waals surface area contributed by atoms with Crippen molar-refractivity contribution in [2.75, 3.05) is 6.54 Å². The molecule has 0 amide bonds. The fourth-order valence-electron chi connectivity index (χ4n) is 4.23. The lowest BCUT2D eigenvalue weighted by Crippen LogP contribution is -2.29. The van der Waals surface area contributed by atoms with Crippen molar-refractivity contribution in [3.8, 4) is 0 Å². The minimum atomic E-state index is -0.933. The average Bonchev–Trinajstić information content (AvgIpc) is 3.48. The van der Waals surface area contributed by atoms with E-state index in [0.717, 1.165) is 12.8 Å². The number of rotatable bonds is 5. The number of aromatic nitrogens is 2. The molecule has 6 nitrogen and oxygen atoms in total. The van der Waals surface area contributed by atoms with Gasteiger partial charge in [0, 0.05) is 43.6 Å². The van der Waals surface area contributed by atoms with Crippen LogP contribution < -0.4 is 11.5 Å². The zero-order chi connectivity index (χ0) is 25.3. The number of aliphatic carboxylic acids is 1. The zero-order valence-corrected chi connectivity index (χ0v) is 20.2. The van der Waals surface area contributed by atoms with Gasteiger partial charge in [-0.25, -0.2) is 0 Å². The lowest BCUT2D eigenvalue weighted by molar-refractivity contribution is -0.138. The molecule has 0 aliphatic heterocycles. The lowest BCUT2D eigenvalue weighted by Gasteiger charge is -2.03. The molecular weight excluding hydrogens is 448 g/mol. The molecule has 36 heavy (non-hydrogen) atoms. The molecule has 2 heterocycles. The molecular formula is C30H32N4O2. The van der Waals surface area contributed by atoms with Gasteiger partial charge in [-0.2, -0.15) is 0 Å². The summed E-state index contributed by atoms with van der Waals surface area (Å²) < 4.78 is 0. The van der Waals surface area contributed by atoms with Gasteiger partial charge in [0.25, 0.3) is 0 Å². The Morgan fingerprint density at radius 1 is 0.639 bits per heavy atom. The number of nitrogens with one attached hydrogen (secondary N) is 2. The van der Waals surface area contributed by atoms with Crippen LogP contribution in [0.15, 0.2) is 97.1 Å². The van der Waals surface area contributed by atoms with Crippen LogP contribution in [-0.4, -0.2) is 33.6 Å². The number of carboxylic acids is 1. The van der Waals surface area contributed by atoms with E-state index in [-0.39, 0.29) is 0 Å². The number of aromatic amines is 2. The maximum absolute atomic E-state index is 10.1. The largest absolute Gasteiger partial charge is 0.480 e. The predicted molar refractivity (Wildman–Crippen MR) is 150 cm³/mol. The van der Waals surface area contributed by atoms with Crippen molar-refractivity contribution < 1.29 is 9.90 Å². The van der Waals surface area contributed by atoms with Crippen LogP contribution in [0.5, 0.6) is 0 Å². The van der Waals surface area contributed by atoms with E-state index in [1.54, 1.807) is 0 Å². The molecule has 0 aliphatic rings. The number of benzene rings is 4. The average molecular weight is 481 g/mol. The van der Waals surface area contributed by atoms with Crippen molar-refractivity contribution in [2.45, 2.75) is 25.3 Å². The molecule has 7 N–H and O–H groups in total. The molecule has 0 radical (unpaired) electrons. The SMILES string of the molecule is NCCCC[C@H](N)C(=O)O.c1ccc2c(c1)[nH]c1ccccc12.c1ccc2c(c1)[nH]c1ccccc12. The molecule has 6 heteroatoms. The van der Waals surface area contributed by atoms with Gasteiger partial charge < -0.3 is 26.5 Å². The normalized spacial score (nSPS) is 11.6. The minimum absolute atomic E-state index is 0.520. The summed E-state index contributed by atoms with van der Waals surface area (Å²) in [6, 6.07) is 32.8. The number of carbonyl (C=O) groups is 1. The Kier molecular flexibility index (Phi) is 8.34. The number of H-pyrrole nitrogens is 2. The summed E-state index contributed by atoms with van der Waals surface area (Å²) >= 11 is 0. The van der Waals surface area contributed by atoms with E-state index in [1.165, 1.54) is 43.6 Å². The lowest BCUT2D eigenvalue weighted by atomic mass is 10.1. The molecule has 0 saturated carbocycles. The number of hydrogen-bond donors (Lipinski definition) is 5. The number of fused-ring (bicyclic) bond motifs is 6. The van der Waals surface area contributed by atoms with Crippen LogP contribution in [-0.2, 0) is 4.79 Å². The van der Waals surface area contributed by atoms with Crippen LogP contribution in [0.4, 0.5) is 0 Å². The molecule has 6 rings (SSSR count). The molecule has 0 unspecified atom stereocenters. The number of para-hydroxylation sites is 4. The highest BCUT2D eigenvalue weighted by atomic mass is 16.4. The second-order valence-electron chi connectivity index (χ2n) is 8.66. The van der Waals surface area contributed by atoms with Gasteiger partial charge in [0.1, 0.15) is 6.04 Å². The summed E-state index contributed by atoms with van der Waals surface area (Å²) in [6.07, 6.45) is 2.16. The second kappa shape index (κ2) is 12.0. The van der Waals surface area contributed by atoms with Crippen molar-refractivity contribution in [3.05, 3.63) is 97.1 Å². The fourth-order valence-corrected chi connectivity index (χ4v) is 4.23. The molecule has 6 aromatic rings. The molecule has 0 spiro atoms. The summed E-state index contributed by atoms with van der Waals surface area (Å²) in [7, 11) is 0. The quantitative estimate of drug-likeness (QED) is 0.189. The van der Waals surface area contributed by atoms with Gasteiger partial charge >= 0.3 is 5.97 Å². The fraction of sp³-hybridized carbons (Fsp3) is 0.167. The Balaban J connectivity index is 0.000000129. The van der Waals surface area contributed by atoms with E-state index in [9.17, 15) is 4.79 Å². The van der Waals surface area contributed by atoms with Crippen LogP contribution in [0.1, 0.15) is 19.3 Å². The Morgan fingerprint density at radius 2 is 0.972 bits per heavy atom. The van der Waals surface area contributed by atoms with E-state index in [4.69, 9.17) is 16.6 Å². The number of unbranched alkanes of at least 4 members (excludes halogenated alkanes) is 1. The number of hydrogen-bond acceptors (Lipinski definition) is 3. The van der Waals surface area contributed by atoms with E-state index in [0.29, 0.717) is 13.0 Å². The molecule has 4 aromatic carbocycles. The van der Waals surface area contributed by atoms with Crippen molar-refractivity contribution >= 4 is 49.6 Å². The molecule has 0 saturated heterocycles. The van der Waals surface area contributed by atoms with Crippen LogP contribution in [0, 0.1) is 0 Å². The Bertz CT molecular complexity index is 1360. The molecule has 0 fully saturated rings. The Hall–Kier alpha value is -4.13. The minimum Gasteiger partial charge on any atom is -0.480 e. The smallest absolute Gasteiger partial charge is 0.320 e.